The van der Waals surface area contributed by atoms with Crippen molar-refractivity contribution in [2.24, 2.45) is 4.99 Å². The number of hydrogen-bond acceptors (Lipinski definition) is 5. The van der Waals surface area contributed by atoms with Crippen LogP contribution in [-0.2, 0) is 23.4 Å². The summed E-state index contributed by atoms with van der Waals surface area (Å²) in [5.74, 6) is 1.73. The lowest BCUT2D eigenvalue weighted by Gasteiger charge is -2.26. The van der Waals surface area contributed by atoms with Crippen molar-refractivity contribution < 1.29 is 14.3 Å². The van der Waals surface area contributed by atoms with Gasteiger partial charge in [0, 0.05) is 24.5 Å². The van der Waals surface area contributed by atoms with Crippen molar-refractivity contribution in [2.45, 2.75) is 39.3 Å². The number of guanidine groups is 1. The molecule has 29 heavy (non-hydrogen) atoms. The Morgan fingerprint density at radius 3 is 2.86 bits per heavy atom. The van der Waals surface area contributed by atoms with E-state index in [1.807, 2.05) is 24.8 Å². The summed E-state index contributed by atoms with van der Waals surface area (Å²) in [6.45, 7) is 7.80. The van der Waals surface area contributed by atoms with Crippen LogP contribution in [0.4, 0.5) is 0 Å². The van der Waals surface area contributed by atoms with Crippen LogP contribution in [0.2, 0.25) is 0 Å². The predicted octanol–water partition coefficient (Wildman–Crippen LogP) is 2.62. The number of furan rings is 1. The summed E-state index contributed by atoms with van der Waals surface area (Å²) in [4.78, 5) is 20.2. The number of nitrogens with zero attached hydrogens (tertiary/aromatic N) is 2. The van der Waals surface area contributed by atoms with E-state index in [9.17, 15) is 9.90 Å². The quantitative estimate of drug-likeness (QED) is 0.303. The number of nitrogens with one attached hydrogen (secondary N) is 2. The third kappa shape index (κ3) is 6.19. The number of carbonyl (C=O) groups excluding carboxylic acids is 1. The van der Waals surface area contributed by atoms with Crippen LogP contribution in [0.3, 0.4) is 0 Å². The first-order valence-electron chi connectivity index (χ1n) is 9.53. The first kappa shape index (κ1) is 23.7. The van der Waals surface area contributed by atoms with Gasteiger partial charge in [0.1, 0.15) is 23.7 Å². The van der Waals surface area contributed by atoms with Crippen LogP contribution in [0.15, 0.2) is 33.0 Å². The van der Waals surface area contributed by atoms with Gasteiger partial charge in [-0.25, -0.2) is 4.99 Å². The zero-order chi connectivity index (χ0) is 20.1. The highest BCUT2D eigenvalue weighted by molar-refractivity contribution is 14.0. The Morgan fingerprint density at radius 2 is 2.17 bits per heavy atom. The minimum atomic E-state index is -1.18. The molecular weight excluding hydrogens is 503 g/mol. The van der Waals surface area contributed by atoms with Crippen LogP contribution in [0.5, 0.6) is 0 Å². The summed E-state index contributed by atoms with van der Waals surface area (Å²) in [7, 11) is 0. The lowest BCUT2D eigenvalue weighted by Crippen LogP contribution is -2.45. The number of fused-ring (bicyclic) bond motifs is 1. The fourth-order valence-electron chi connectivity index (χ4n) is 3.12. The van der Waals surface area contributed by atoms with Gasteiger partial charge in [0.15, 0.2) is 5.96 Å². The van der Waals surface area contributed by atoms with Crippen LogP contribution in [0.1, 0.15) is 35.8 Å². The molecule has 1 amide bonds. The Morgan fingerprint density at radius 1 is 1.38 bits per heavy atom. The topological polar surface area (TPSA) is 90.1 Å². The maximum atomic E-state index is 12.6. The van der Waals surface area contributed by atoms with Gasteiger partial charge in [-0.15, -0.1) is 35.3 Å². The van der Waals surface area contributed by atoms with Crippen molar-refractivity contribution in [3.8, 4) is 0 Å². The molecule has 1 aliphatic heterocycles. The van der Waals surface area contributed by atoms with Crippen molar-refractivity contribution in [1.82, 2.24) is 15.5 Å². The lowest BCUT2D eigenvalue weighted by molar-refractivity contribution is -0.130. The Hall–Kier alpha value is -1.59. The highest BCUT2D eigenvalue weighted by Crippen LogP contribution is 2.24. The number of carbonyl (C=O) groups is 1. The second-order valence-electron chi connectivity index (χ2n) is 7.17. The summed E-state index contributed by atoms with van der Waals surface area (Å²) < 4.78 is 5.53. The van der Waals surface area contributed by atoms with E-state index in [2.05, 4.69) is 27.1 Å². The van der Waals surface area contributed by atoms with E-state index in [-0.39, 0.29) is 43.0 Å². The van der Waals surface area contributed by atoms with Gasteiger partial charge in [-0.2, -0.15) is 0 Å². The Labute approximate surface area is 192 Å². The number of aliphatic hydroxyl groups is 1. The molecule has 1 unspecified atom stereocenters. The molecule has 7 nitrogen and oxygen atoms in total. The molecule has 0 radical (unpaired) electrons. The van der Waals surface area contributed by atoms with E-state index in [1.54, 1.807) is 24.3 Å². The average molecular weight is 532 g/mol. The van der Waals surface area contributed by atoms with Crippen molar-refractivity contribution in [2.75, 3.05) is 26.2 Å². The first-order chi connectivity index (χ1) is 13.4. The summed E-state index contributed by atoms with van der Waals surface area (Å²) in [5, 5.41) is 18.9. The molecule has 3 N–H and O–H groups in total. The van der Waals surface area contributed by atoms with Gasteiger partial charge in [-0.05, 0) is 56.3 Å². The third-order valence-corrected chi connectivity index (χ3v) is 5.77. The van der Waals surface area contributed by atoms with Gasteiger partial charge in [-0.3, -0.25) is 4.79 Å². The second kappa shape index (κ2) is 10.4. The molecule has 0 aliphatic carbocycles. The van der Waals surface area contributed by atoms with Gasteiger partial charge in [0.05, 0.1) is 6.54 Å². The molecule has 0 fully saturated rings. The second-order valence-corrected chi connectivity index (χ2v) is 8.17. The predicted molar refractivity (Wildman–Crippen MR) is 126 cm³/mol. The normalized spacial score (nSPS) is 15.9. The van der Waals surface area contributed by atoms with Gasteiger partial charge < -0.3 is 25.1 Å². The third-order valence-electron chi connectivity index (χ3n) is 4.75. The number of aliphatic imine (C=N–C) groups is 1. The molecule has 1 atom stereocenters. The zero-order valence-corrected chi connectivity index (χ0v) is 20.2. The number of rotatable bonds is 6. The van der Waals surface area contributed by atoms with Crippen LogP contribution < -0.4 is 10.6 Å². The van der Waals surface area contributed by atoms with Crippen LogP contribution >= 0.6 is 35.3 Å². The number of halogens is 1. The van der Waals surface area contributed by atoms with E-state index in [1.165, 1.54) is 10.4 Å². The Balaban J connectivity index is 0.00000300. The monoisotopic (exact) mass is 532 g/mol. The molecule has 0 bridgehead atoms. The molecule has 3 rings (SSSR count). The van der Waals surface area contributed by atoms with E-state index in [0.717, 1.165) is 18.7 Å². The molecule has 160 valence electrons. The fraction of sp³-hybridized carbons (Fsp3) is 0.500. The van der Waals surface area contributed by atoms with Crippen LogP contribution in [-0.4, -0.2) is 48.1 Å². The number of thiophene rings is 1. The molecule has 0 spiro atoms. The highest BCUT2D eigenvalue weighted by Gasteiger charge is 2.27. The van der Waals surface area contributed by atoms with Gasteiger partial charge in [-0.1, -0.05) is 0 Å². The van der Waals surface area contributed by atoms with Gasteiger partial charge in [0.2, 0.25) is 5.91 Å². The largest absolute Gasteiger partial charge is 0.463 e. The van der Waals surface area contributed by atoms with E-state index in [4.69, 9.17) is 4.42 Å². The minimum Gasteiger partial charge on any atom is -0.463 e. The van der Waals surface area contributed by atoms with Gasteiger partial charge in [0.25, 0.3) is 0 Å². The summed E-state index contributed by atoms with van der Waals surface area (Å²) in [6, 6.07) is 5.67. The molecule has 2 aromatic heterocycles. The maximum Gasteiger partial charge on any atom is 0.244 e. The fourth-order valence-corrected chi connectivity index (χ4v) is 4.01. The maximum absolute atomic E-state index is 12.6. The number of hydrogen-bond donors (Lipinski definition) is 3. The Bertz CT molecular complexity index is 846. The molecule has 3 heterocycles. The summed E-state index contributed by atoms with van der Waals surface area (Å²) in [6.07, 6.45) is 0.909. The smallest absolute Gasteiger partial charge is 0.244 e. The van der Waals surface area contributed by atoms with E-state index < -0.39 is 5.60 Å². The van der Waals surface area contributed by atoms with Crippen molar-refractivity contribution in [3.05, 3.63) is 45.5 Å². The van der Waals surface area contributed by atoms with Crippen LogP contribution in [0, 0.1) is 6.92 Å². The zero-order valence-electron chi connectivity index (χ0n) is 17.0. The lowest BCUT2D eigenvalue weighted by atomic mass is 10.0. The van der Waals surface area contributed by atoms with Crippen LogP contribution in [0.25, 0.3) is 0 Å². The standard InChI is InChI=1S/C20H28N4O3S.HI/c1-4-21-19(23-13-20(3,26)17-6-5-14(2)27-17)22-11-18(25)24-9-7-16-15(12-24)8-10-28-16;/h5-6,8,10,26H,4,7,9,11-13H2,1-3H3,(H2,21,22,23);1H. The molecule has 2 aromatic rings. The molecule has 1 aliphatic rings. The molecule has 0 saturated heterocycles. The average Bonchev–Trinajstić information content (AvgIpc) is 3.32. The molecule has 9 heteroatoms. The summed E-state index contributed by atoms with van der Waals surface area (Å²) >= 11 is 1.76. The van der Waals surface area contributed by atoms with E-state index in [0.29, 0.717) is 24.8 Å². The number of aryl methyl sites for hydroxylation is 1. The van der Waals surface area contributed by atoms with E-state index >= 15 is 0 Å². The van der Waals surface area contributed by atoms with Crippen molar-refractivity contribution in [3.63, 3.8) is 0 Å². The Kier molecular flexibility index (Phi) is 8.53. The van der Waals surface area contributed by atoms with Gasteiger partial charge >= 0.3 is 0 Å². The minimum absolute atomic E-state index is 0. The molecule has 0 saturated carbocycles. The first-order valence-corrected chi connectivity index (χ1v) is 10.4. The molecular formula is C20H29IN4O3S. The summed E-state index contributed by atoms with van der Waals surface area (Å²) in [5.41, 5.74) is 0.0554. The number of amides is 1. The highest BCUT2D eigenvalue weighted by atomic mass is 127. The molecule has 0 aromatic carbocycles. The SMILES string of the molecule is CCNC(=NCC(=O)N1CCc2sccc2C1)NCC(C)(O)c1ccc(C)o1.I. The van der Waals surface area contributed by atoms with Crippen molar-refractivity contribution >= 4 is 47.2 Å². The van der Waals surface area contributed by atoms with Crippen molar-refractivity contribution in [1.29, 1.82) is 0 Å².